The van der Waals surface area contributed by atoms with Crippen LogP contribution in [0.4, 0.5) is 5.69 Å². The highest BCUT2D eigenvalue weighted by Gasteiger charge is 2.17. The van der Waals surface area contributed by atoms with Crippen molar-refractivity contribution in [3.05, 3.63) is 78.4 Å². The predicted octanol–water partition coefficient (Wildman–Crippen LogP) is 5.18. The van der Waals surface area contributed by atoms with Crippen LogP contribution in [0.5, 0.6) is 17.2 Å². The zero-order valence-corrected chi connectivity index (χ0v) is 17.5. The Hall–Kier alpha value is -4.06. The first-order chi connectivity index (χ1) is 15.1. The van der Waals surface area contributed by atoms with Crippen LogP contribution in [0.2, 0.25) is 0 Å². The molecule has 0 bridgehead atoms. The molecule has 0 atom stereocenters. The summed E-state index contributed by atoms with van der Waals surface area (Å²) < 4.78 is 16.0. The number of carbonyl (C=O) groups excluding carboxylic acids is 1. The molecular formula is C25H22N2O4. The number of ether oxygens (including phenoxy) is 3. The van der Waals surface area contributed by atoms with Gasteiger partial charge in [-0.25, -0.2) is 4.98 Å². The molecule has 0 fully saturated rings. The highest BCUT2D eigenvalue weighted by atomic mass is 16.5. The predicted molar refractivity (Wildman–Crippen MR) is 121 cm³/mol. The smallest absolute Gasteiger partial charge is 0.256 e. The van der Waals surface area contributed by atoms with Crippen molar-refractivity contribution < 1.29 is 19.0 Å². The standard InChI is InChI=1S/C25H22N2O4/c1-29-17-9-11-21-19(13-17)20(15-23(26-21)16-7-5-4-6-8-16)25(28)27-22-12-10-18(30-2)14-24(22)31-3/h4-15H,1-3H3,(H,27,28). The van der Waals surface area contributed by atoms with E-state index in [4.69, 9.17) is 19.2 Å². The molecule has 6 nitrogen and oxygen atoms in total. The number of nitrogens with one attached hydrogen (secondary N) is 1. The summed E-state index contributed by atoms with van der Waals surface area (Å²) in [4.78, 5) is 18.1. The van der Waals surface area contributed by atoms with Gasteiger partial charge < -0.3 is 19.5 Å². The summed E-state index contributed by atoms with van der Waals surface area (Å²) in [5, 5.41) is 3.65. The average Bonchev–Trinajstić information content (AvgIpc) is 2.83. The van der Waals surface area contributed by atoms with Gasteiger partial charge in [-0.15, -0.1) is 0 Å². The number of hydrogen-bond donors (Lipinski definition) is 1. The first-order valence-electron chi connectivity index (χ1n) is 9.70. The molecule has 4 aromatic rings. The van der Waals surface area contributed by atoms with Gasteiger partial charge in [-0.2, -0.15) is 0 Å². The van der Waals surface area contributed by atoms with Crippen molar-refractivity contribution >= 4 is 22.5 Å². The van der Waals surface area contributed by atoms with Gasteiger partial charge in [0.25, 0.3) is 5.91 Å². The van der Waals surface area contributed by atoms with Gasteiger partial charge in [-0.3, -0.25) is 4.79 Å². The van der Waals surface area contributed by atoms with Crippen LogP contribution in [0, 0.1) is 0 Å². The van der Waals surface area contributed by atoms with Crippen molar-refractivity contribution in [1.29, 1.82) is 0 Å². The third-order valence-electron chi connectivity index (χ3n) is 4.99. The molecule has 0 aliphatic rings. The van der Waals surface area contributed by atoms with Crippen LogP contribution in [-0.4, -0.2) is 32.2 Å². The molecule has 156 valence electrons. The molecule has 0 radical (unpaired) electrons. The molecule has 1 amide bonds. The second kappa shape index (κ2) is 8.75. The molecule has 0 unspecified atom stereocenters. The zero-order valence-electron chi connectivity index (χ0n) is 17.5. The van der Waals surface area contributed by atoms with Gasteiger partial charge in [0.1, 0.15) is 17.2 Å². The normalized spacial score (nSPS) is 10.5. The second-order valence-corrected chi connectivity index (χ2v) is 6.82. The third-order valence-corrected chi connectivity index (χ3v) is 4.99. The quantitative estimate of drug-likeness (QED) is 0.471. The average molecular weight is 414 g/mol. The number of methoxy groups -OCH3 is 3. The van der Waals surface area contributed by atoms with Crippen LogP contribution < -0.4 is 19.5 Å². The Labute approximate surface area is 180 Å². The van der Waals surface area contributed by atoms with E-state index in [1.165, 1.54) is 0 Å². The zero-order chi connectivity index (χ0) is 21.8. The lowest BCUT2D eigenvalue weighted by molar-refractivity contribution is 0.102. The Morgan fingerprint density at radius 2 is 1.52 bits per heavy atom. The minimum absolute atomic E-state index is 0.277. The van der Waals surface area contributed by atoms with Gasteiger partial charge in [0.15, 0.2) is 0 Å². The van der Waals surface area contributed by atoms with Crippen molar-refractivity contribution in [2.45, 2.75) is 0 Å². The van der Waals surface area contributed by atoms with Crippen molar-refractivity contribution in [3.63, 3.8) is 0 Å². The molecule has 1 heterocycles. The van der Waals surface area contributed by atoms with Gasteiger partial charge in [-0.05, 0) is 36.4 Å². The maximum absolute atomic E-state index is 13.4. The van der Waals surface area contributed by atoms with E-state index in [0.29, 0.717) is 45.1 Å². The lowest BCUT2D eigenvalue weighted by Gasteiger charge is -2.14. The highest BCUT2D eigenvalue weighted by Crippen LogP contribution is 2.32. The summed E-state index contributed by atoms with van der Waals surface area (Å²) in [6.07, 6.45) is 0. The van der Waals surface area contributed by atoms with Crippen LogP contribution >= 0.6 is 0 Å². The molecule has 4 rings (SSSR count). The summed E-state index contributed by atoms with van der Waals surface area (Å²) in [6.45, 7) is 0. The van der Waals surface area contributed by atoms with Gasteiger partial charge in [-0.1, -0.05) is 30.3 Å². The van der Waals surface area contributed by atoms with E-state index >= 15 is 0 Å². The number of carbonyl (C=O) groups is 1. The van der Waals surface area contributed by atoms with Gasteiger partial charge in [0, 0.05) is 17.0 Å². The maximum atomic E-state index is 13.4. The molecular weight excluding hydrogens is 392 g/mol. The first-order valence-corrected chi connectivity index (χ1v) is 9.70. The van der Waals surface area contributed by atoms with E-state index in [0.717, 1.165) is 5.56 Å². The van der Waals surface area contributed by atoms with E-state index in [9.17, 15) is 4.79 Å². The fourth-order valence-electron chi connectivity index (χ4n) is 3.37. The molecule has 31 heavy (non-hydrogen) atoms. The van der Waals surface area contributed by atoms with Crippen LogP contribution in [0.15, 0.2) is 72.8 Å². The molecule has 0 aliphatic heterocycles. The number of anilines is 1. The van der Waals surface area contributed by atoms with Crippen molar-refractivity contribution in [2.75, 3.05) is 26.6 Å². The Kier molecular flexibility index (Phi) is 5.71. The van der Waals surface area contributed by atoms with E-state index in [-0.39, 0.29) is 5.91 Å². The molecule has 0 saturated heterocycles. The Balaban J connectivity index is 1.82. The second-order valence-electron chi connectivity index (χ2n) is 6.82. The number of hydrogen-bond acceptors (Lipinski definition) is 5. The maximum Gasteiger partial charge on any atom is 0.256 e. The molecule has 0 saturated carbocycles. The van der Waals surface area contributed by atoms with Crippen molar-refractivity contribution in [3.8, 4) is 28.5 Å². The molecule has 6 heteroatoms. The Morgan fingerprint density at radius 1 is 0.806 bits per heavy atom. The lowest BCUT2D eigenvalue weighted by Crippen LogP contribution is -2.14. The fourth-order valence-corrected chi connectivity index (χ4v) is 3.37. The molecule has 0 spiro atoms. The fraction of sp³-hybridized carbons (Fsp3) is 0.120. The number of pyridine rings is 1. The molecule has 3 aromatic carbocycles. The van der Waals surface area contributed by atoms with E-state index < -0.39 is 0 Å². The van der Waals surface area contributed by atoms with Crippen LogP contribution in [0.1, 0.15) is 10.4 Å². The van der Waals surface area contributed by atoms with Gasteiger partial charge in [0.2, 0.25) is 0 Å². The number of amides is 1. The summed E-state index contributed by atoms with van der Waals surface area (Å²) in [7, 11) is 4.72. The minimum Gasteiger partial charge on any atom is -0.497 e. The molecule has 1 aromatic heterocycles. The Morgan fingerprint density at radius 3 is 2.23 bits per heavy atom. The number of fused-ring (bicyclic) bond motifs is 1. The SMILES string of the molecule is COc1ccc(NC(=O)c2cc(-c3ccccc3)nc3ccc(OC)cc23)c(OC)c1. The van der Waals surface area contributed by atoms with Gasteiger partial charge >= 0.3 is 0 Å². The van der Waals surface area contributed by atoms with Crippen LogP contribution in [-0.2, 0) is 0 Å². The number of rotatable bonds is 6. The number of nitrogens with zero attached hydrogens (tertiary/aromatic N) is 1. The summed E-state index contributed by atoms with van der Waals surface area (Å²) in [6, 6.07) is 22.3. The largest absolute Gasteiger partial charge is 0.497 e. The van der Waals surface area contributed by atoms with Crippen LogP contribution in [0.3, 0.4) is 0 Å². The minimum atomic E-state index is -0.277. The number of benzene rings is 3. The summed E-state index contributed by atoms with van der Waals surface area (Å²) in [5.74, 6) is 1.52. The van der Waals surface area contributed by atoms with E-state index in [2.05, 4.69) is 5.32 Å². The lowest BCUT2D eigenvalue weighted by atomic mass is 10.0. The Bertz CT molecular complexity index is 1240. The van der Waals surface area contributed by atoms with E-state index in [1.54, 1.807) is 45.6 Å². The van der Waals surface area contributed by atoms with Crippen LogP contribution in [0.25, 0.3) is 22.2 Å². The summed E-state index contributed by atoms with van der Waals surface area (Å²) in [5.41, 5.74) is 3.37. The summed E-state index contributed by atoms with van der Waals surface area (Å²) >= 11 is 0. The van der Waals surface area contributed by atoms with Crippen molar-refractivity contribution in [2.24, 2.45) is 0 Å². The number of aromatic nitrogens is 1. The highest BCUT2D eigenvalue weighted by molar-refractivity contribution is 6.13. The van der Waals surface area contributed by atoms with E-state index in [1.807, 2.05) is 48.5 Å². The topological polar surface area (TPSA) is 69.7 Å². The first kappa shape index (κ1) is 20.2. The monoisotopic (exact) mass is 414 g/mol. The third kappa shape index (κ3) is 4.14. The van der Waals surface area contributed by atoms with Crippen molar-refractivity contribution in [1.82, 2.24) is 4.98 Å². The molecule has 0 aliphatic carbocycles. The molecule has 1 N–H and O–H groups in total. The van der Waals surface area contributed by atoms with Gasteiger partial charge in [0.05, 0.1) is 43.8 Å².